The number of hydrogen-bond acceptors (Lipinski definition) is 4. The van der Waals surface area contributed by atoms with E-state index in [1.165, 1.54) is 10.4 Å². The van der Waals surface area contributed by atoms with Gasteiger partial charge in [-0.15, -0.1) is 35.3 Å². The highest BCUT2D eigenvalue weighted by Gasteiger charge is 2.09. The Bertz CT molecular complexity index is 733. The molecule has 1 unspecified atom stereocenters. The van der Waals surface area contributed by atoms with Crippen molar-refractivity contribution in [1.82, 2.24) is 15.6 Å². The molecule has 1 heterocycles. The van der Waals surface area contributed by atoms with Crippen LogP contribution in [0, 0.1) is 13.8 Å². The summed E-state index contributed by atoms with van der Waals surface area (Å²) in [5.74, 6) is 1.73. The van der Waals surface area contributed by atoms with Crippen molar-refractivity contribution in [2.45, 2.75) is 60.2 Å². The normalized spacial score (nSPS) is 12.3. The molecular formula is C20H31IN4OS. The van der Waals surface area contributed by atoms with Crippen molar-refractivity contribution >= 4 is 41.3 Å². The number of nitrogens with one attached hydrogen (secondary N) is 2. The van der Waals surface area contributed by atoms with Crippen LogP contribution in [0.15, 0.2) is 28.7 Å². The summed E-state index contributed by atoms with van der Waals surface area (Å²) in [5, 5.41) is 6.69. The predicted octanol–water partition coefficient (Wildman–Crippen LogP) is 4.81. The molecule has 0 saturated heterocycles. The van der Waals surface area contributed by atoms with Crippen LogP contribution in [0.5, 0.6) is 5.75 Å². The average Bonchev–Trinajstić information content (AvgIpc) is 3.03. The van der Waals surface area contributed by atoms with Gasteiger partial charge in [-0.2, -0.15) is 0 Å². The maximum absolute atomic E-state index is 6.09. The summed E-state index contributed by atoms with van der Waals surface area (Å²) in [6.45, 7) is 12.5. The second kappa shape index (κ2) is 12.2. The second-order valence-electron chi connectivity index (χ2n) is 6.36. The number of ether oxygens (including phenoxy) is 1. The van der Waals surface area contributed by atoms with E-state index >= 15 is 0 Å². The van der Waals surface area contributed by atoms with Crippen molar-refractivity contribution in [3.05, 3.63) is 45.4 Å². The van der Waals surface area contributed by atoms with Crippen molar-refractivity contribution in [2.24, 2.45) is 4.99 Å². The molecule has 7 heteroatoms. The topological polar surface area (TPSA) is 58.5 Å². The zero-order valence-electron chi connectivity index (χ0n) is 16.8. The minimum absolute atomic E-state index is 0. The van der Waals surface area contributed by atoms with Crippen molar-refractivity contribution in [3.63, 3.8) is 0 Å². The smallest absolute Gasteiger partial charge is 0.191 e. The molecule has 2 rings (SSSR count). The van der Waals surface area contributed by atoms with Crippen LogP contribution in [0.4, 0.5) is 0 Å². The molecule has 0 bridgehead atoms. The average molecular weight is 502 g/mol. The molecule has 1 atom stereocenters. The fourth-order valence-electron chi connectivity index (χ4n) is 2.37. The number of thiazole rings is 1. The first-order valence-electron chi connectivity index (χ1n) is 9.20. The van der Waals surface area contributed by atoms with E-state index < -0.39 is 0 Å². The van der Waals surface area contributed by atoms with Gasteiger partial charge in [-0.3, -0.25) is 0 Å². The van der Waals surface area contributed by atoms with Gasteiger partial charge in [0, 0.05) is 17.0 Å². The number of aryl methyl sites for hydroxylation is 2. The lowest BCUT2D eigenvalue weighted by Crippen LogP contribution is -2.36. The van der Waals surface area contributed by atoms with E-state index in [2.05, 4.69) is 61.5 Å². The van der Waals surface area contributed by atoms with Gasteiger partial charge in [0.2, 0.25) is 0 Å². The Morgan fingerprint density at radius 1 is 1.26 bits per heavy atom. The SMILES string of the molecule is CCNC(=NCc1ccc(C)cc1OC(C)CC)NCc1scnc1C.I. The Kier molecular flexibility index (Phi) is 10.7. The van der Waals surface area contributed by atoms with E-state index in [0.717, 1.165) is 42.5 Å². The van der Waals surface area contributed by atoms with Gasteiger partial charge >= 0.3 is 0 Å². The summed E-state index contributed by atoms with van der Waals surface area (Å²) < 4.78 is 6.09. The molecule has 2 aromatic rings. The molecule has 2 N–H and O–H groups in total. The van der Waals surface area contributed by atoms with Crippen LogP contribution >= 0.6 is 35.3 Å². The maximum Gasteiger partial charge on any atom is 0.191 e. The fourth-order valence-corrected chi connectivity index (χ4v) is 3.08. The van der Waals surface area contributed by atoms with Gasteiger partial charge in [0.1, 0.15) is 5.75 Å². The number of aliphatic imine (C=N–C) groups is 1. The predicted molar refractivity (Wildman–Crippen MR) is 125 cm³/mol. The largest absolute Gasteiger partial charge is 0.490 e. The van der Waals surface area contributed by atoms with Crippen LogP contribution in [-0.4, -0.2) is 23.6 Å². The lowest BCUT2D eigenvalue weighted by atomic mass is 10.1. The quantitative estimate of drug-likeness (QED) is 0.309. The maximum atomic E-state index is 6.09. The molecule has 1 aromatic carbocycles. The standard InChI is InChI=1S/C20H30N4OS.HI/c1-6-15(4)25-18-10-14(3)8-9-17(18)11-22-20(21-7-2)23-12-19-16(5)24-13-26-19;/h8-10,13,15H,6-7,11-12H2,1-5H3,(H2,21,22,23);1H. The summed E-state index contributed by atoms with van der Waals surface area (Å²) >= 11 is 1.66. The molecule has 0 spiro atoms. The van der Waals surface area contributed by atoms with Crippen molar-refractivity contribution in [2.75, 3.05) is 6.54 Å². The third-order valence-electron chi connectivity index (χ3n) is 4.14. The lowest BCUT2D eigenvalue weighted by molar-refractivity contribution is 0.215. The Morgan fingerprint density at radius 3 is 2.67 bits per heavy atom. The van der Waals surface area contributed by atoms with Gasteiger partial charge in [-0.25, -0.2) is 9.98 Å². The third-order valence-corrected chi connectivity index (χ3v) is 5.07. The first-order valence-corrected chi connectivity index (χ1v) is 10.1. The fraction of sp³-hybridized carbons (Fsp3) is 0.500. The van der Waals surface area contributed by atoms with Crippen molar-refractivity contribution in [1.29, 1.82) is 0 Å². The molecule has 0 aliphatic rings. The van der Waals surface area contributed by atoms with E-state index in [0.29, 0.717) is 6.54 Å². The molecule has 0 saturated carbocycles. The molecular weight excluding hydrogens is 471 g/mol. The number of aromatic nitrogens is 1. The molecule has 5 nitrogen and oxygen atoms in total. The highest BCUT2D eigenvalue weighted by atomic mass is 127. The number of halogens is 1. The second-order valence-corrected chi connectivity index (χ2v) is 7.30. The van der Waals surface area contributed by atoms with Crippen LogP contribution < -0.4 is 15.4 Å². The van der Waals surface area contributed by atoms with E-state index in [4.69, 9.17) is 9.73 Å². The molecule has 0 amide bonds. The summed E-state index contributed by atoms with van der Waals surface area (Å²) in [6, 6.07) is 6.31. The number of nitrogens with zero attached hydrogens (tertiary/aromatic N) is 2. The summed E-state index contributed by atoms with van der Waals surface area (Å²) in [4.78, 5) is 10.3. The van der Waals surface area contributed by atoms with Crippen molar-refractivity contribution in [3.8, 4) is 5.75 Å². The van der Waals surface area contributed by atoms with E-state index in [1.54, 1.807) is 11.3 Å². The molecule has 0 aliphatic carbocycles. The van der Waals surface area contributed by atoms with Crippen LogP contribution in [0.3, 0.4) is 0 Å². The van der Waals surface area contributed by atoms with Crippen LogP contribution in [0.25, 0.3) is 0 Å². The van der Waals surface area contributed by atoms with Crippen LogP contribution in [0.1, 0.15) is 48.9 Å². The first kappa shape index (κ1) is 23.7. The Hall–Kier alpha value is -1.35. The Balaban J connectivity index is 0.00000364. The minimum atomic E-state index is 0. The minimum Gasteiger partial charge on any atom is -0.490 e. The molecule has 0 aliphatic heterocycles. The summed E-state index contributed by atoms with van der Waals surface area (Å²) in [5.41, 5.74) is 5.24. The Labute approximate surface area is 184 Å². The van der Waals surface area contributed by atoms with E-state index in [1.807, 2.05) is 12.4 Å². The highest BCUT2D eigenvalue weighted by Crippen LogP contribution is 2.23. The van der Waals surface area contributed by atoms with Gasteiger partial charge < -0.3 is 15.4 Å². The first-order chi connectivity index (χ1) is 12.5. The third kappa shape index (κ3) is 7.65. The van der Waals surface area contributed by atoms with Crippen LogP contribution in [-0.2, 0) is 13.1 Å². The zero-order valence-corrected chi connectivity index (χ0v) is 20.0. The van der Waals surface area contributed by atoms with Gasteiger partial charge in [-0.1, -0.05) is 19.1 Å². The van der Waals surface area contributed by atoms with E-state index in [9.17, 15) is 0 Å². The zero-order chi connectivity index (χ0) is 18.9. The number of hydrogen-bond donors (Lipinski definition) is 2. The molecule has 0 fully saturated rings. The number of benzene rings is 1. The Morgan fingerprint density at radius 2 is 2.04 bits per heavy atom. The lowest BCUT2D eigenvalue weighted by Gasteiger charge is -2.17. The molecule has 1 aromatic heterocycles. The van der Waals surface area contributed by atoms with E-state index in [-0.39, 0.29) is 30.1 Å². The van der Waals surface area contributed by atoms with Gasteiger partial charge in [-0.05, 0) is 45.7 Å². The number of guanidine groups is 1. The van der Waals surface area contributed by atoms with Gasteiger partial charge in [0.25, 0.3) is 0 Å². The highest BCUT2D eigenvalue weighted by molar-refractivity contribution is 14.0. The monoisotopic (exact) mass is 502 g/mol. The van der Waals surface area contributed by atoms with Crippen LogP contribution in [0.2, 0.25) is 0 Å². The number of rotatable bonds is 8. The van der Waals surface area contributed by atoms with Gasteiger partial charge in [0.05, 0.1) is 30.4 Å². The summed E-state index contributed by atoms with van der Waals surface area (Å²) in [6.07, 6.45) is 1.18. The molecule has 0 radical (unpaired) electrons. The molecule has 150 valence electrons. The summed E-state index contributed by atoms with van der Waals surface area (Å²) in [7, 11) is 0. The van der Waals surface area contributed by atoms with Gasteiger partial charge in [0.15, 0.2) is 5.96 Å². The molecule has 27 heavy (non-hydrogen) atoms. The van der Waals surface area contributed by atoms with Crippen molar-refractivity contribution < 1.29 is 4.74 Å².